The first kappa shape index (κ1) is 15.8. The van der Waals surface area contributed by atoms with Crippen LogP contribution in [0.2, 0.25) is 0 Å². The predicted octanol–water partition coefficient (Wildman–Crippen LogP) is 3.25. The van der Waals surface area contributed by atoms with Crippen LogP contribution in [-0.4, -0.2) is 16.7 Å². The van der Waals surface area contributed by atoms with Crippen molar-refractivity contribution in [2.45, 2.75) is 24.0 Å². The maximum Gasteiger partial charge on any atom is 0.288 e. The Morgan fingerprint density at radius 2 is 2.11 bits per heavy atom. The number of alkyl halides is 2. The third-order valence-corrected chi connectivity index (χ3v) is 3.50. The van der Waals surface area contributed by atoms with Gasteiger partial charge < -0.3 is 11.1 Å². The van der Waals surface area contributed by atoms with Crippen molar-refractivity contribution in [3.8, 4) is 0 Å². The fourth-order valence-electron chi connectivity index (χ4n) is 1.50. The Hall–Kier alpha value is -1.21. The van der Waals surface area contributed by atoms with Gasteiger partial charge in [0.1, 0.15) is 0 Å². The highest BCUT2D eigenvalue weighted by molar-refractivity contribution is 7.99. The molecule has 0 aliphatic heterocycles. The Morgan fingerprint density at radius 3 is 2.63 bits per heavy atom. The molecule has 19 heavy (non-hydrogen) atoms. The van der Waals surface area contributed by atoms with E-state index in [0.717, 1.165) is 0 Å². The van der Waals surface area contributed by atoms with Crippen LogP contribution in [0.5, 0.6) is 0 Å². The zero-order chi connectivity index (χ0) is 14.4. The quantitative estimate of drug-likeness (QED) is 0.626. The van der Waals surface area contributed by atoms with Gasteiger partial charge in [0.25, 0.3) is 5.76 Å². The van der Waals surface area contributed by atoms with E-state index < -0.39 is 11.7 Å². The maximum absolute atomic E-state index is 12.4. The molecule has 1 aromatic rings. The van der Waals surface area contributed by atoms with Gasteiger partial charge in [-0.25, -0.2) is 0 Å². The van der Waals surface area contributed by atoms with Crippen LogP contribution in [0.3, 0.4) is 0 Å². The molecule has 3 N–H and O–H groups in total. The van der Waals surface area contributed by atoms with E-state index in [9.17, 15) is 13.6 Å². The number of halogens is 2. The molecule has 1 aromatic carbocycles. The summed E-state index contributed by atoms with van der Waals surface area (Å²) < 4.78 is 24.8. The molecule has 0 fully saturated rings. The van der Waals surface area contributed by atoms with Crippen molar-refractivity contribution in [2.75, 3.05) is 5.32 Å². The van der Waals surface area contributed by atoms with E-state index in [4.69, 9.17) is 18.0 Å². The average molecular weight is 304 g/mol. The Labute approximate surface area is 119 Å². The molecule has 1 amide bonds. The molecule has 0 saturated carbocycles. The van der Waals surface area contributed by atoms with Gasteiger partial charge in [-0.1, -0.05) is 43.0 Å². The number of anilines is 1. The van der Waals surface area contributed by atoms with Crippen LogP contribution in [0.4, 0.5) is 14.5 Å². The minimum Gasteiger partial charge on any atom is -0.393 e. The summed E-state index contributed by atoms with van der Waals surface area (Å²) in [5.74, 6) is -3.52. The summed E-state index contributed by atoms with van der Waals surface area (Å²) in [6.07, 6.45) is 0.464. The van der Waals surface area contributed by atoms with Gasteiger partial charge in [0.2, 0.25) is 5.91 Å². The van der Waals surface area contributed by atoms with Crippen LogP contribution in [0, 0.1) is 5.92 Å². The van der Waals surface area contributed by atoms with E-state index in [-0.39, 0.29) is 10.9 Å². The molecule has 0 radical (unpaired) electrons. The van der Waals surface area contributed by atoms with Gasteiger partial charge in [-0.15, -0.1) is 0 Å². The zero-order valence-corrected chi connectivity index (χ0v) is 11.9. The van der Waals surface area contributed by atoms with Crippen LogP contribution in [-0.2, 0) is 4.79 Å². The van der Waals surface area contributed by atoms with Crippen LogP contribution >= 0.6 is 24.0 Å². The van der Waals surface area contributed by atoms with Gasteiger partial charge >= 0.3 is 0 Å². The average Bonchev–Trinajstić information content (AvgIpc) is 2.31. The van der Waals surface area contributed by atoms with Gasteiger partial charge in [-0.3, -0.25) is 4.79 Å². The number of hydrogen-bond donors (Lipinski definition) is 2. The number of thiocarbonyl (C=S) groups is 1. The molecule has 1 unspecified atom stereocenters. The van der Waals surface area contributed by atoms with Gasteiger partial charge in [0.05, 0.1) is 16.6 Å². The summed E-state index contributed by atoms with van der Waals surface area (Å²) in [6.45, 7) is 1.78. The lowest BCUT2D eigenvalue weighted by Crippen LogP contribution is -2.32. The molecular weight excluding hydrogens is 290 g/mol. The molecule has 0 spiro atoms. The number of nitrogens with one attached hydrogen (secondary N) is 1. The van der Waals surface area contributed by atoms with E-state index in [1.54, 1.807) is 25.1 Å². The van der Waals surface area contributed by atoms with Crippen LogP contribution in [0.25, 0.3) is 0 Å². The number of hydrogen-bond acceptors (Lipinski definition) is 3. The van der Waals surface area contributed by atoms with Crippen molar-refractivity contribution >= 4 is 40.6 Å². The highest BCUT2D eigenvalue weighted by Crippen LogP contribution is 2.31. The van der Waals surface area contributed by atoms with Crippen molar-refractivity contribution < 1.29 is 13.6 Å². The molecule has 0 heterocycles. The molecule has 0 aromatic heterocycles. The Kier molecular flexibility index (Phi) is 6.17. The third kappa shape index (κ3) is 4.76. The number of carbonyl (C=O) groups excluding carboxylic acids is 1. The summed E-state index contributed by atoms with van der Waals surface area (Å²) in [5, 5.41) is 2.59. The first-order valence-corrected chi connectivity index (χ1v) is 6.88. The number of thioether (sulfide) groups is 1. The fourth-order valence-corrected chi connectivity index (χ4v) is 2.37. The van der Waals surface area contributed by atoms with Gasteiger partial charge in [0.15, 0.2) is 0 Å². The van der Waals surface area contributed by atoms with Crippen LogP contribution in [0.15, 0.2) is 29.2 Å². The van der Waals surface area contributed by atoms with E-state index in [2.05, 4.69) is 5.32 Å². The standard InChI is InChI=1S/C12H14F2N2OS2/c1-2-7(10(15)18)11(17)16-8-5-3-4-6-9(8)19-12(13)14/h3-7,12H,2H2,1H3,(H2,15,18)(H,16,17). The van der Waals surface area contributed by atoms with E-state index >= 15 is 0 Å². The number of benzene rings is 1. The SMILES string of the molecule is CCC(C(=O)Nc1ccccc1SC(F)F)C(N)=S. The maximum atomic E-state index is 12.4. The second kappa shape index (κ2) is 7.40. The Bertz CT molecular complexity index is 469. The second-order valence-electron chi connectivity index (χ2n) is 3.73. The van der Waals surface area contributed by atoms with Gasteiger partial charge in [-0.05, 0) is 18.6 Å². The summed E-state index contributed by atoms with van der Waals surface area (Å²) >= 11 is 5.19. The van der Waals surface area contributed by atoms with Crippen molar-refractivity contribution in [1.82, 2.24) is 0 Å². The van der Waals surface area contributed by atoms with Gasteiger partial charge in [-0.2, -0.15) is 8.78 Å². The predicted molar refractivity (Wildman–Crippen MR) is 77.5 cm³/mol. The molecule has 1 atom stereocenters. The molecule has 3 nitrogen and oxygen atoms in total. The smallest absolute Gasteiger partial charge is 0.288 e. The number of para-hydroxylation sites is 1. The molecule has 0 saturated heterocycles. The summed E-state index contributed by atoms with van der Waals surface area (Å²) in [7, 11) is 0. The monoisotopic (exact) mass is 304 g/mol. The lowest BCUT2D eigenvalue weighted by molar-refractivity contribution is -0.118. The number of nitrogens with two attached hydrogens (primary N) is 1. The lowest BCUT2D eigenvalue weighted by atomic mass is 10.1. The lowest BCUT2D eigenvalue weighted by Gasteiger charge is -2.15. The molecular formula is C12H14F2N2OS2. The third-order valence-electron chi connectivity index (χ3n) is 2.43. The van der Waals surface area contributed by atoms with Crippen molar-refractivity contribution in [3.05, 3.63) is 24.3 Å². The van der Waals surface area contributed by atoms with Crippen molar-refractivity contribution in [1.29, 1.82) is 0 Å². The summed E-state index contributed by atoms with van der Waals surface area (Å²) in [4.78, 5) is 12.4. The van der Waals surface area contributed by atoms with E-state index in [0.29, 0.717) is 28.8 Å². The minimum absolute atomic E-state index is 0.0963. The van der Waals surface area contributed by atoms with Gasteiger partial charge in [0, 0.05) is 4.90 Å². The Morgan fingerprint density at radius 1 is 1.47 bits per heavy atom. The summed E-state index contributed by atoms with van der Waals surface area (Å²) in [6, 6.07) is 6.38. The normalized spacial score (nSPS) is 12.2. The summed E-state index contributed by atoms with van der Waals surface area (Å²) in [5.41, 5.74) is 5.81. The molecule has 1 rings (SSSR count). The van der Waals surface area contributed by atoms with Crippen LogP contribution in [0.1, 0.15) is 13.3 Å². The molecule has 0 bridgehead atoms. The van der Waals surface area contributed by atoms with E-state index in [1.165, 1.54) is 6.07 Å². The molecule has 7 heteroatoms. The number of carbonyl (C=O) groups is 1. The van der Waals surface area contributed by atoms with E-state index in [1.807, 2.05) is 0 Å². The minimum atomic E-state index is -2.55. The number of amides is 1. The van der Waals surface area contributed by atoms with Crippen LogP contribution < -0.4 is 11.1 Å². The number of rotatable bonds is 6. The fraction of sp³-hybridized carbons (Fsp3) is 0.333. The second-order valence-corrected chi connectivity index (χ2v) is 5.23. The highest BCUT2D eigenvalue weighted by atomic mass is 32.2. The van der Waals surface area contributed by atoms with Crippen molar-refractivity contribution in [2.24, 2.45) is 11.7 Å². The van der Waals surface area contributed by atoms with Crippen molar-refractivity contribution in [3.63, 3.8) is 0 Å². The molecule has 104 valence electrons. The largest absolute Gasteiger partial charge is 0.393 e. The zero-order valence-electron chi connectivity index (χ0n) is 10.2. The first-order chi connectivity index (χ1) is 8.95. The Balaban J connectivity index is 2.87. The molecule has 0 aliphatic carbocycles. The highest BCUT2D eigenvalue weighted by Gasteiger charge is 2.20. The topological polar surface area (TPSA) is 55.1 Å². The molecule has 0 aliphatic rings. The first-order valence-electron chi connectivity index (χ1n) is 5.59.